The second kappa shape index (κ2) is 6.89. The van der Waals surface area contributed by atoms with Crippen LogP contribution >= 0.6 is 15.9 Å². The van der Waals surface area contributed by atoms with E-state index >= 15 is 0 Å². The minimum absolute atomic E-state index is 0.220. The smallest absolute Gasteiger partial charge is 0.119 e. The average molecular weight is 421 g/mol. The van der Waals surface area contributed by atoms with E-state index in [0.29, 0.717) is 28.2 Å². The van der Waals surface area contributed by atoms with Gasteiger partial charge in [-0.15, -0.1) is 0 Å². The minimum atomic E-state index is 0.220. The summed E-state index contributed by atoms with van der Waals surface area (Å²) in [5.41, 5.74) is 3.59. The summed E-state index contributed by atoms with van der Waals surface area (Å²) < 4.78 is 0. The van der Waals surface area contributed by atoms with Crippen LogP contribution in [0.1, 0.15) is 65.0 Å². The topological polar surface area (TPSA) is 40.5 Å². The van der Waals surface area contributed by atoms with Crippen LogP contribution in [0.25, 0.3) is 0 Å². The average Bonchev–Trinajstić information content (AvgIpc) is 2.57. The molecule has 2 aliphatic rings. The first kappa shape index (κ1) is 19.8. The summed E-state index contributed by atoms with van der Waals surface area (Å²) in [6.45, 7) is 11.5. The lowest BCUT2D eigenvalue weighted by molar-refractivity contribution is -0.0308. The number of aryl methyl sites for hydroxylation is 1. The molecule has 0 saturated heterocycles. The van der Waals surface area contributed by atoms with E-state index < -0.39 is 0 Å². The Bertz CT molecular complexity index is 721. The Kier molecular flexibility index (Phi) is 5.24. The Hall–Kier alpha value is -0.960. The van der Waals surface area contributed by atoms with Gasteiger partial charge in [-0.25, -0.2) is 0 Å². The molecule has 0 bridgehead atoms. The van der Waals surface area contributed by atoms with Crippen LogP contribution in [0.15, 0.2) is 23.8 Å². The van der Waals surface area contributed by atoms with Crippen LogP contribution in [-0.2, 0) is 12.8 Å². The largest absolute Gasteiger partial charge is 0.508 e. The Morgan fingerprint density at radius 1 is 1.12 bits per heavy atom. The molecule has 1 fully saturated rings. The molecule has 0 aliphatic heterocycles. The van der Waals surface area contributed by atoms with Crippen molar-refractivity contribution < 1.29 is 10.2 Å². The Balaban J connectivity index is 1.98. The maximum atomic E-state index is 10.6. The molecule has 3 rings (SSSR count). The van der Waals surface area contributed by atoms with Crippen molar-refractivity contribution >= 4 is 15.9 Å². The van der Waals surface area contributed by atoms with E-state index in [4.69, 9.17) is 0 Å². The van der Waals surface area contributed by atoms with Crippen LogP contribution < -0.4 is 0 Å². The molecule has 3 heteroatoms. The number of hydrogen-bond donors (Lipinski definition) is 2. The Labute approximate surface area is 166 Å². The molecule has 0 amide bonds. The first-order valence-corrected chi connectivity index (χ1v) is 10.9. The van der Waals surface area contributed by atoms with E-state index in [1.54, 1.807) is 12.1 Å². The van der Waals surface area contributed by atoms with Gasteiger partial charge in [-0.05, 0) is 85.0 Å². The zero-order valence-corrected chi connectivity index (χ0v) is 18.4. The van der Waals surface area contributed by atoms with Gasteiger partial charge in [0.2, 0.25) is 0 Å². The maximum absolute atomic E-state index is 10.6. The van der Waals surface area contributed by atoms with Gasteiger partial charge >= 0.3 is 0 Å². The summed E-state index contributed by atoms with van der Waals surface area (Å²) in [5.74, 6) is 1.65. The van der Waals surface area contributed by atoms with Crippen LogP contribution in [0.3, 0.4) is 0 Å². The van der Waals surface area contributed by atoms with Gasteiger partial charge in [-0.3, -0.25) is 0 Å². The van der Waals surface area contributed by atoms with E-state index in [2.05, 4.69) is 49.7 Å². The van der Waals surface area contributed by atoms with E-state index in [1.165, 1.54) is 18.4 Å². The molecule has 1 aromatic carbocycles. The number of fused-ring (bicyclic) bond motifs is 1. The predicted molar refractivity (Wildman–Crippen MR) is 112 cm³/mol. The normalized spacial score (nSPS) is 33.5. The summed E-state index contributed by atoms with van der Waals surface area (Å²) in [5, 5.41) is 20.8. The summed E-state index contributed by atoms with van der Waals surface area (Å²) in [7, 11) is 0. The van der Waals surface area contributed by atoms with Crippen LogP contribution in [0.5, 0.6) is 11.5 Å². The van der Waals surface area contributed by atoms with Crippen molar-refractivity contribution in [3.63, 3.8) is 0 Å². The summed E-state index contributed by atoms with van der Waals surface area (Å²) in [4.78, 5) is 0.557. The Morgan fingerprint density at radius 2 is 1.73 bits per heavy atom. The third-order valence-corrected chi connectivity index (χ3v) is 9.18. The SMILES string of the molecule is CCc1cc(O)c(C[C@@H]2C(C)=CC[C@H]3C(C)(C)[C@@H](Br)CC[C@]23C)cc1O. The monoisotopic (exact) mass is 420 g/mol. The quantitative estimate of drug-likeness (QED) is 0.338. The molecule has 1 saturated carbocycles. The first-order valence-electron chi connectivity index (χ1n) is 9.95. The molecule has 0 spiro atoms. The van der Waals surface area contributed by atoms with Crippen molar-refractivity contribution in [3.05, 3.63) is 34.9 Å². The predicted octanol–water partition coefficient (Wildman–Crippen LogP) is 6.37. The second-order valence-corrected chi connectivity index (χ2v) is 10.4. The fourth-order valence-electron chi connectivity index (χ4n) is 5.73. The van der Waals surface area contributed by atoms with Gasteiger partial charge in [-0.1, -0.05) is 55.3 Å². The number of allylic oxidation sites excluding steroid dienone is 2. The Morgan fingerprint density at radius 3 is 2.38 bits per heavy atom. The van der Waals surface area contributed by atoms with E-state index in [0.717, 1.165) is 30.4 Å². The summed E-state index contributed by atoms with van der Waals surface area (Å²) in [6, 6.07) is 3.53. The molecule has 2 nitrogen and oxygen atoms in total. The second-order valence-electron chi connectivity index (χ2n) is 9.29. The van der Waals surface area contributed by atoms with E-state index in [9.17, 15) is 10.2 Å². The first-order chi connectivity index (χ1) is 12.1. The van der Waals surface area contributed by atoms with Crippen LogP contribution in [0, 0.1) is 22.7 Å². The highest BCUT2D eigenvalue weighted by atomic mass is 79.9. The van der Waals surface area contributed by atoms with Gasteiger partial charge in [0.15, 0.2) is 0 Å². The zero-order valence-electron chi connectivity index (χ0n) is 16.8. The van der Waals surface area contributed by atoms with E-state index in [-0.39, 0.29) is 10.8 Å². The molecular formula is C23H33BrO2. The lowest BCUT2D eigenvalue weighted by Crippen LogP contribution is -2.52. The van der Waals surface area contributed by atoms with Crippen molar-refractivity contribution in [2.75, 3.05) is 0 Å². The zero-order chi connectivity index (χ0) is 19.3. The van der Waals surface area contributed by atoms with Crippen LogP contribution in [0.4, 0.5) is 0 Å². The molecule has 144 valence electrons. The van der Waals surface area contributed by atoms with Gasteiger partial charge in [0.25, 0.3) is 0 Å². The fraction of sp³-hybridized carbons (Fsp3) is 0.652. The highest BCUT2D eigenvalue weighted by Gasteiger charge is 2.54. The molecule has 26 heavy (non-hydrogen) atoms. The van der Waals surface area contributed by atoms with Crippen molar-refractivity contribution in [2.45, 2.75) is 71.5 Å². The lowest BCUT2D eigenvalue weighted by Gasteiger charge is -2.58. The van der Waals surface area contributed by atoms with Crippen LogP contribution in [0.2, 0.25) is 0 Å². The highest BCUT2D eigenvalue weighted by molar-refractivity contribution is 9.09. The lowest BCUT2D eigenvalue weighted by atomic mass is 9.48. The van der Waals surface area contributed by atoms with Gasteiger partial charge in [0.05, 0.1) is 0 Å². The molecule has 0 heterocycles. The number of hydrogen-bond acceptors (Lipinski definition) is 2. The number of halogens is 1. The van der Waals surface area contributed by atoms with Crippen molar-refractivity contribution in [1.29, 1.82) is 0 Å². The number of alkyl halides is 1. The van der Waals surface area contributed by atoms with Gasteiger partial charge < -0.3 is 10.2 Å². The molecular weight excluding hydrogens is 388 g/mol. The minimum Gasteiger partial charge on any atom is -0.508 e. The fourth-order valence-corrected chi connectivity index (χ4v) is 6.28. The standard InChI is InChI=1S/C23H33BrO2/c1-6-15-12-19(26)16(13-18(15)25)11-17-14(2)7-8-20-22(3,4)21(24)9-10-23(17,20)5/h7,12-13,17,20-21,25-26H,6,8-11H2,1-5H3/t17-,20+,21+,23-/m1/s1. The third kappa shape index (κ3) is 3.10. The number of aromatic hydroxyl groups is 2. The highest BCUT2D eigenvalue weighted by Crippen LogP contribution is 2.61. The van der Waals surface area contributed by atoms with Crippen molar-refractivity contribution in [1.82, 2.24) is 0 Å². The van der Waals surface area contributed by atoms with Crippen LogP contribution in [-0.4, -0.2) is 15.0 Å². The van der Waals surface area contributed by atoms with Gasteiger partial charge in [-0.2, -0.15) is 0 Å². The molecule has 2 aliphatic carbocycles. The van der Waals surface area contributed by atoms with Crippen molar-refractivity contribution in [3.8, 4) is 11.5 Å². The molecule has 4 atom stereocenters. The van der Waals surface area contributed by atoms with Gasteiger partial charge in [0.1, 0.15) is 11.5 Å². The third-order valence-electron chi connectivity index (χ3n) is 7.54. The molecule has 0 aromatic heterocycles. The maximum Gasteiger partial charge on any atom is 0.119 e. The summed E-state index contributed by atoms with van der Waals surface area (Å²) in [6.07, 6.45) is 7.47. The number of rotatable bonds is 3. The van der Waals surface area contributed by atoms with Gasteiger partial charge in [0, 0.05) is 4.83 Å². The molecule has 0 unspecified atom stereocenters. The molecule has 2 N–H and O–H groups in total. The summed E-state index contributed by atoms with van der Waals surface area (Å²) >= 11 is 3.94. The van der Waals surface area contributed by atoms with Crippen molar-refractivity contribution in [2.24, 2.45) is 22.7 Å². The number of phenols is 2. The van der Waals surface area contributed by atoms with E-state index in [1.807, 2.05) is 6.92 Å². The molecule has 1 aromatic rings. The number of phenolic OH excluding ortho intramolecular Hbond substituents is 2. The molecule has 0 radical (unpaired) electrons. The number of benzene rings is 1.